The second-order valence-electron chi connectivity index (χ2n) is 6.22. The summed E-state index contributed by atoms with van der Waals surface area (Å²) in [7, 11) is 1.54. The molecule has 150 valence electrons. The monoisotopic (exact) mass is 416 g/mol. The van der Waals surface area contributed by atoms with Crippen molar-refractivity contribution in [1.29, 1.82) is 0 Å². The van der Waals surface area contributed by atoms with Crippen molar-refractivity contribution in [1.82, 2.24) is 10.6 Å². The number of rotatable bonds is 5. The predicted octanol–water partition coefficient (Wildman–Crippen LogP) is 3.52. The van der Waals surface area contributed by atoms with Crippen molar-refractivity contribution >= 4 is 34.9 Å². The molecule has 29 heavy (non-hydrogen) atoms. The van der Waals surface area contributed by atoms with Crippen molar-refractivity contribution in [3.63, 3.8) is 0 Å². The number of amides is 3. The summed E-state index contributed by atoms with van der Waals surface area (Å²) in [6, 6.07) is 9.44. The molecule has 0 aliphatic carbocycles. The SMILES string of the molecule is COc1ccc(NC(=O)C2=C(C)NC(=O)N[C@@H]2c2ccc(Cl)c([N+](=O)[O-])c2)cc1. The van der Waals surface area contributed by atoms with E-state index in [2.05, 4.69) is 16.0 Å². The highest BCUT2D eigenvalue weighted by Crippen LogP contribution is 2.33. The van der Waals surface area contributed by atoms with Crippen LogP contribution in [-0.2, 0) is 4.79 Å². The minimum absolute atomic E-state index is 0.0380. The summed E-state index contributed by atoms with van der Waals surface area (Å²) in [6.45, 7) is 1.58. The van der Waals surface area contributed by atoms with Gasteiger partial charge in [0.25, 0.3) is 11.6 Å². The van der Waals surface area contributed by atoms with Crippen LogP contribution in [0.1, 0.15) is 18.5 Å². The van der Waals surface area contributed by atoms with Crippen LogP contribution in [0, 0.1) is 10.1 Å². The average molecular weight is 417 g/mol. The van der Waals surface area contributed by atoms with Gasteiger partial charge in [-0.25, -0.2) is 4.79 Å². The first kappa shape index (κ1) is 20.2. The molecule has 9 nitrogen and oxygen atoms in total. The van der Waals surface area contributed by atoms with E-state index < -0.39 is 22.9 Å². The van der Waals surface area contributed by atoms with Crippen LogP contribution in [-0.4, -0.2) is 24.0 Å². The number of halogens is 1. The first-order valence-corrected chi connectivity index (χ1v) is 8.85. The van der Waals surface area contributed by atoms with Crippen LogP contribution in [0.15, 0.2) is 53.7 Å². The molecule has 0 unspecified atom stereocenters. The molecule has 0 spiro atoms. The molecule has 0 aromatic heterocycles. The highest BCUT2D eigenvalue weighted by atomic mass is 35.5. The normalized spacial score (nSPS) is 16.0. The number of carbonyl (C=O) groups is 2. The van der Waals surface area contributed by atoms with Crippen LogP contribution in [0.25, 0.3) is 0 Å². The first-order chi connectivity index (χ1) is 13.8. The second-order valence-corrected chi connectivity index (χ2v) is 6.63. The number of allylic oxidation sites excluding steroid dienone is 1. The number of anilines is 1. The highest BCUT2D eigenvalue weighted by Gasteiger charge is 2.32. The van der Waals surface area contributed by atoms with Gasteiger partial charge in [-0.1, -0.05) is 17.7 Å². The molecule has 1 heterocycles. The van der Waals surface area contributed by atoms with E-state index in [0.717, 1.165) is 0 Å². The molecule has 0 saturated heterocycles. The number of nitrogens with one attached hydrogen (secondary N) is 3. The third-order valence-corrected chi connectivity index (χ3v) is 4.68. The Morgan fingerprint density at radius 3 is 2.55 bits per heavy atom. The van der Waals surface area contributed by atoms with Crippen molar-refractivity contribution < 1.29 is 19.2 Å². The van der Waals surface area contributed by atoms with Crippen molar-refractivity contribution in [2.45, 2.75) is 13.0 Å². The second kappa shape index (κ2) is 8.19. The summed E-state index contributed by atoms with van der Waals surface area (Å²) in [5.41, 5.74) is 1.12. The van der Waals surface area contributed by atoms with E-state index in [1.54, 1.807) is 31.2 Å². The van der Waals surface area contributed by atoms with Gasteiger partial charge in [-0.15, -0.1) is 0 Å². The number of nitro benzene ring substituents is 1. The zero-order chi connectivity index (χ0) is 21.1. The van der Waals surface area contributed by atoms with Gasteiger partial charge in [0, 0.05) is 17.5 Å². The number of carbonyl (C=O) groups excluding carboxylic acids is 2. The quantitative estimate of drug-likeness (QED) is 0.508. The molecule has 0 radical (unpaired) electrons. The summed E-state index contributed by atoms with van der Waals surface area (Å²) in [4.78, 5) is 35.5. The highest BCUT2D eigenvalue weighted by molar-refractivity contribution is 6.32. The van der Waals surface area contributed by atoms with Crippen molar-refractivity contribution in [3.8, 4) is 5.75 Å². The van der Waals surface area contributed by atoms with E-state index >= 15 is 0 Å². The van der Waals surface area contributed by atoms with E-state index in [1.165, 1.54) is 25.3 Å². The molecule has 1 atom stereocenters. The average Bonchev–Trinajstić information content (AvgIpc) is 2.68. The lowest BCUT2D eigenvalue weighted by Crippen LogP contribution is -2.46. The maximum absolute atomic E-state index is 13.0. The van der Waals surface area contributed by atoms with E-state index in [0.29, 0.717) is 22.7 Å². The van der Waals surface area contributed by atoms with E-state index in [4.69, 9.17) is 16.3 Å². The lowest BCUT2D eigenvalue weighted by molar-refractivity contribution is -0.384. The number of ether oxygens (including phenoxy) is 1. The minimum Gasteiger partial charge on any atom is -0.497 e. The molecule has 2 aromatic carbocycles. The molecular weight excluding hydrogens is 400 g/mol. The van der Waals surface area contributed by atoms with Gasteiger partial charge in [0.15, 0.2) is 0 Å². The zero-order valence-electron chi connectivity index (χ0n) is 15.5. The van der Waals surface area contributed by atoms with Gasteiger partial charge < -0.3 is 20.7 Å². The molecule has 0 bridgehead atoms. The summed E-state index contributed by atoms with van der Waals surface area (Å²) in [5, 5.41) is 19.1. The molecule has 10 heteroatoms. The fourth-order valence-corrected chi connectivity index (χ4v) is 3.15. The molecule has 0 saturated carbocycles. The van der Waals surface area contributed by atoms with Crippen LogP contribution < -0.4 is 20.7 Å². The van der Waals surface area contributed by atoms with Crippen LogP contribution in [0.5, 0.6) is 5.75 Å². The molecule has 1 aliphatic heterocycles. The Kier molecular flexibility index (Phi) is 5.69. The maximum atomic E-state index is 13.0. The number of nitrogens with zero attached hydrogens (tertiary/aromatic N) is 1. The van der Waals surface area contributed by atoms with Gasteiger partial charge in [0.1, 0.15) is 10.8 Å². The van der Waals surface area contributed by atoms with Gasteiger partial charge in [-0.05, 0) is 42.8 Å². The summed E-state index contributed by atoms with van der Waals surface area (Å²) >= 11 is 5.88. The third kappa shape index (κ3) is 4.30. The molecule has 1 aliphatic rings. The number of hydrogen-bond acceptors (Lipinski definition) is 5. The maximum Gasteiger partial charge on any atom is 0.319 e. The predicted molar refractivity (Wildman–Crippen MR) is 107 cm³/mol. The van der Waals surface area contributed by atoms with Crippen molar-refractivity contribution in [3.05, 3.63) is 74.4 Å². The van der Waals surface area contributed by atoms with Crippen LogP contribution >= 0.6 is 11.6 Å². The van der Waals surface area contributed by atoms with E-state index in [1.807, 2.05) is 0 Å². The van der Waals surface area contributed by atoms with Crippen LogP contribution in [0.2, 0.25) is 5.02 Å². The van der Waals surface area contributed by atoms with E-state index in [-0.39, 0.29) is 16.3 Å². The Morgan fingerprint density at radius 2 is 1.93 bits per heavy atom. The Balaban J connectivity index is 1.96. The molecule has 3 amide bonds. The molecule has 3 N–H and O–H groups in total. The Bertz CT molecular complexity index is 1020. The van der Waals surface area contributed by atoms with Crippen molar-refractivity contribution in [2.24, 2.45) is 0 Å². The fraction of sp³-hybridized carbons (Fsp3) is 0.158. The summed E-state index contributed by atoms with van der Waals surface area (Å²) < 4.78 is 5.09. The number of methoxy groups -OCH3 is 1. The standard InChI is InChI=1S/C19H17ClN4O5/c1-10-16(18(25)22-12-4-6-13(29-2)7-5-12)17(23-19(26)21-10)11-3-8-14(20)15(9-11)24(27)28/h3-9,17H,1-2H3,(H,22,25)(H2,21,23,26)/t17-/m1/s1. The lowest BCUT2D eigenvalue weighted by atomic mass is 9.94. The molecular formula is C19H17ClN4O5. The van der Waals surface area contributed by atoms with Gasteiger partial charge in [0.05, 0.1) is 23.6 Å². The molecule has 2 aromatic rings. The fourth-order valence-electron chi connectivity index (χ4n) is 2.97. The minimum atomic E-state index is -0.891. The Morgan fingerprint density at radius 1 is 1.24 bits per heavy atom. The smallest absolute Gasteiger partial charge is 0.319 e. The Labute approximate surface area is 170 Å². The third-order valence-electron chi connectivity index (χ3n) is 4.36. The topological polar surface area (TPSA) is 123 Å². The zero-order valence-corrected chi connectivity index (χ0v) is 16.2. The summed E-state index contributed by atoms with van der Waals surface area (Å²) in [6.07, 6.45) is 0. The Hall–Kier alpha value is -3.59. The first-order valence-electron chi connectivity index (χ1n) is 8.47. The van der Waals surface area contributed by atoms with Gasteiger partial charge in [-0.2, -0.15) is 0 Å². The number of nitro groups is 1. The number of urea groups is 1. The molecule has 0 fully saturated rings. The lowest BCUT2D eigenvalue weighted by Gasteiger charge is -2.28. The number of benzene rings is 2. The van der Waals surface area contributed by atoms with Crippen LogP contribution in [0.4, 0.5) is 16.2 Å². The van der Waals surface area contributed by atoms with Gasteiger partial charge in [0.2, 0.25) is 0 Å². The largest absolute Gasteiger partial charge is 0.497 e. The summed E-state index contributed by atoms with van der Waals surface area (Å²) in [5.74, 6) is 0.166. The number of hydrogen-bond donors (Lipinski definition) is 3. The van der Waals surface area contributed by atoms with Crippen molar-refractivity contribution in [2.75, 3.05) is 12.4 Å². The van der Waals surface area contributed by atoms with E-state index in [9.17, 15) is 19.7 Å². The van der Waals surface area contributed by atoms with Gasteiger partial charge in [-0.3, -0.25) is 14.9 Å². The van der Waals surface area contributed by atoms with Gasteiger partial charge >= 0.3 is 6.03 Å². The molecule has 3 rings (SSSR count). The van der Waals surface area contributed by atoms with Crippen LogP contribution in [0.3, 0.4) is 0 Å².